The first-order valence-electron chi connectivity index (χ1n) is 6.80. The summed E-state index contributed by atoms with van der Waals surface area (Å²) in [5.74, 6) is 1.96. The van der Waals surface area contributed by atoms with E-state index < -0.39 is 5.97 Å². The second kappa shape index (κ2) is 7.49. The zero-order valence-corrected chi connectivity index (χ0v) is 12.0. The lowest BCUT2D eigenvalue weighted by Gasteiger charge is -2.23. The fraction of sp³-hybridized carbons (Fsp3) is 0.412. The van der Waals surface area contributed by atoms with Gasteiger partial charge in [-0.15, -0.1) is 12.3 Å². The number of aryl methyl sites for hydroxylation is 1. The van der Waals surface area contributed by atoms with Gasteiger partial charge >= 0.3 is 5.97 Å². The second-order valence-corrected chi connectivity index (χ2v) is 5.21. The molecule has 0 bridgehead atoms. The summed E-state index contributed by atoms with van der Waals surface area (Å²) in [6, 6.07) is 8.16. The predicted octanol–water partition coefficient (Wildman–Crippen LogP) is 3.37. The molecule has 1 aliphatic carbocycles. The third-order valence-electron chi connectivity index (χ3n) is 3.34. The molecular formula is C17H21NO2. The molecule has 2 N–H and O–H groups in total. The minimum Gasteiger partial charge on any atom is -0.481 e. The number of aliphatic carboxylic acids is 1. The Morgan fingerprint density at radius 2 is 2.10 bits per heavy atom. The molecule has 106 valence electrons. The summed E-state index contributed by atoms with van der Waals surface area (Å²) < 4.78 is 0. The van der Waals surface area contributed by atoms with Crippen molar-refractivity contribution in [1.29, 1.82) is 5.41 Å². The smallest absolute Gasteiger partial charge is 0.305 e. The van der Waals surface area contributed by atoms with E-state index in [1.54, 1.807) is 13.8 Å². The van der Waals surface area contributed by atoms with E-state index in [0.29, 0.717) is 6.42 Å². The van der Waals surface area contributed by atoms with Gasteiger partial charge in [0.2, 0.25) is 0 Å². The average molecular weight is 271 g/mol. The Bertz CT molecular complexity index is 526. The molecule has 1 atom stereocenters. The highest BCUT2D eigenvalue weighted by atomic mass is 16.4. The van der Waals surface area contributed by atoms with Gasteiger partial charge in [0.15, 0.2) is 0 Å². The summed E-state index contributed by atoms with van der Waals surface area (Å²) in [4.78, 5) is 9.70. The largest absolute Gasteiger partial charge is 0.481 e. The van der Waals surface area contributed by atoms with E-state index >= 15 is 0 Å². The van der Waals surface area contributed by atoms with Crippen molar-refractivity contribution in [1.82, 2.24) is 0 Å². The van der Waals surface area contributed by atoms with Crippen LogP contribution in [0.1, 0.15) is 37.8 Å². The molecule has 0 aliphatic heterocycles. The molecule has 0 spiro atoms. The highest BCUT2D eigenvalue weighted by molar-refractivity contribution is 6.02. The summed E-state index contributed by atoms with van der Waals surface area (Å²) in [6.45, 7) is 3.28. The molecule has 0 heterocycles. The minimum absolute atomic E-state index is 0.231. The summed E-state index contributed by atoms with van der Waals surface area (Å²) in [5, 5.41) is 16.0. The van der Waals surface area contributed by atoms with Crippen molar-refractivity contribution in [3.63, 3.8) is 0 Å². The number of nitrogens with one attached hydrogen (secondary N) is 1. The van der Waals surface area contributed by atoms with Gasteiger partial charge in [0.1, 0.15) is 0 Å². The monoisotopic (exact) mass is 271 g/mol. The van der Waals surface area contributed by atoms with Crippen LogP contribution < -0.4 is 0 Å². The normalized spacial score (nSPS) is 16.7. The van der Waals surface area contributed by atoms with Crippen molar-refractivity contribution in [3.8, 4) is 12.3 Å². The van der Waals surface area contributed by atoms with Crippen molar-refractivity contribution < 1.29 is 9.90 Å². The number of carboxylic acid groups (broad SMARTS) is 1. The number of terminal acetylenes is 1. The van der Waals surface area contributed by atoms with Gasteiger partial charge in [-0.1, -0.05) is 38.1 Å². The third kappa shape index (κ3) is 4.24. The summed E-state index contributed by atoms with van der Waals surface area (Å²) in [6.07, 6.45) is 8.08. The maximum absolute atomic E-state index is 9.70. The molecule has 1 aromatic rings. The Morgan fingerprint density at radius 3 is 2.65 bits per heavy atom. The standard InChI is InChI=1S/C13H13N.C4H8O2/c1-2-5-11-9-8-10-6-3-4-7-12(10)13(11)14;1-3(2)4(5)6/h1,3-4,6-7,11,14H,5,8-9H2;3H,1-2H3,(H,5,6). The molecule has 1 aromatic carbocycles. The fourth-order valence-electron chi connectivity index (χ4n) is 2.04. The van der Waals surface area contributed by atoms with Crippen molar-refractivity contribution in [2.45, 2.75) is 33.1 Å². The molecule has 0 radical (unpaired) electrons. The maximum Gasteiger partial charge on any atom is 0.305 e. The Morgan fingerprint density at radius 1 is 1.50 bits per heavy atom. The van der Waals surface area contributed by atoms with E-state index in [-0.39, 0.29) is 11.8 Å². The van der Waals surface area contributed by atoms with Gasteiger partial charge in [-0.05, 0) is 24.0 Å². The van der Waals surface area contributed by atoms with Gasteiger partial charge in [-0.2, -0.15) is 0 Å². The van der Waals surface area contributed by atoms with Crippen molar-refractivity contribution in [2.24, 2.45) is 11.8 Å². The lowest BCUT2D eigenvalue weighted by molar-refractivity contribution is -0.140. The van der Waals surface area contributed by atoms with E-state index in [0.717, 1.165) is 24.1 Å². The number of benzene rings is 1. The van der Waals surface area contributed by atoms with Crippen LogP contribution >= 0.6 is 0 Å². The van der Waals surface area contributed by atoms with Gasteiger partial charge in [-0.3, -0.25) is 4.79 Å². The van der Waals surface area contributed by atoms with E-state index in [9.17, 15) is 4.79 Å². The predicted molar refractivity (Wildman–Crippen MR) is 81.0 cm³/mol. The zero-order chi connectivity index (χ0) is 15.1. The van der Waals surface area contributed by atoms with E-state index in [1.807, 2.05) is 18.2 Å². The Labute approximate surface area is 120 Å². The number of carboxylic acids is 1. The Hall–Kier alpha value is -2.08. The summed E-state index contributed by atoms with van der Waals surface area (Å²) >= 11 is 0. The van der Waals surface area contributed by atoms with Crippen molar-refractivity contribution >= 4 is 11.7 Å². The molecule has 3 heteroatoms. The molecule has 1 unspecified atom stereocenters. The number of rotatable bonds is 2. The van der Waals surface area contributed by atoms with Crippen LogP contribution in [-0.2, 0) is 11.2 Å². The molecule has 0 saturated heterocycles. The lowest BCUT2D eigenvalue weighted by atomic mass is 9.81. The number of hydrogen-bond acceptors (Lipinski definition) is 2. The topological polar surface area (TPSA) is 61.2 Å². The second-order valence-electron chi connectivity index (χ2n) is 5.21. The molecule has 2 rings (SSSR count). The molecule has 0 amide bonds. The first kappa shape index (κ1) is 16.0. The Kier molecular flexibility index (Phi) is 5.99. The van der Waals surface area contributed by atoms with Crippen LogP contribution in [-0.4, -0.2) is 16.8 Å². The van der Waals surface area contributed by atoms with Crippen LogP contribution in [0.3, 0.4) is 0 Å². The third-order valence-corrected chi connectivity index (χ3v) is 3.34. The first-order chi connectivity index (χ1) is 9.47. The number of carbonyl (C=O) groups is 1. The SMILES string of the molecule is C#CCC1CCc2ccccc2C1=N.CC(C)C(=O)O. The van der Waals surface area contributed by atoms with Crippen LogP contribution in [0.15, 0.2) is 24.3 Å². The van der Waals surface area contributed by atoms with Crippen LogP contribution in [0, 0.1) is 29.6 Å². The number of fused-ring (bicyclic) bond motifs is 1. The van der Waals surface area contributed by atoms with Crippen LogP contribution in [0.4, 0.5) is 0 Å². The number of hydrogen-bond donors (Lipinski definition) is 2. The van der Waals surface area contributed by atoms with Crippen LogP contribution in [0.25, 0.3) is 0 Å². The Balaban J connectivity index is 0.000000286. The molecule has 3 nitrogen and oxygen atoms in total. The van der Waals surface area contributed by atoms with Gasteiger partial charge in [-0.25, -0.2) is 0 Å². The molecule has 0 aromatic heterocycles. The summed E-state index contributed by atoms with van der Waals surface area (Å²) in [5.41, 5.74) is 3.12. The molecule has 0 saturated carbocycles. The lowest BCUT2D eigenvalue weighted by Crippen LogP contribution is -2.22. The highest BCUT2D eigenvalue weighted by Gasteiger charge is 2.22. The van der Waals surface area contributed by atoms with Crippen molar-refractivity contribution in [2.75, 3.05) is 0 Å². The van der Waals surface area contributed by atoms with Gasteiger partial charge in [0, 0.05) is 18.1 Å². The maximum atomic E-state index is 9.70. The van der Waals surface area contributed by atoms with Crippen molar-refractivity contribution in [3.05, 3.63) is 35.4 Å². The van der Waals surface area contributed by atoms with E-state index in [4.69, 9.17) is 16.9 Å². The molecular weight excluding hydrogens is 250 g/mol. The van der Waals surface area contributed by atoms with E-state index in [2.05, 4.69) is 12.0 Å². The van der Waals surface area contributed by atoms with Gasteiger partial charge in [0.05, 0.1) is 5.92 Å². The quantitative estimate of drug-likeness (QED) is 0.810. The van der Waals surface area contributed by atoms with Gasteiger partial charge in [0.25, 0.3) is 0 Å². The van der Waals surface area contributed by atoms with E-state index in [1.165, 1.54) is 5.56 Å². The highest BCUT2D eigenvalue weighted by Crippen LogP contribution is 2.26. The first-order valence-corrected chi connectivity index (χ1v) is 6.80. The zero-order valence-electron chi connectivity index (χ0n) is 12.0. The van der Waals surface area contributed by atoms with Gasteiger partial charge < -0.3 is 10.5 Å². The molecule has 20 heavy (non-hydrogen) atoms. The minimum atomic E-state index is -0.741. The average Bonchev–Trinajstić information content (AvgIpc) is 2.43. The fourth-order valence-corrected chi connectivity index (χ4v) is 2.04. The van der Waals surface area contributed by atoms with Crippen LogP contribution in [0.5, 0.6) is 0 Å². The van der Waals surface area contributed by atoms with Crippen LogP contribution in [0.2, 0.25) is 0 Å². The summed E-state index contributed by atoms with van der Waals surface area (Å²) in [7, 11) is 0. The molecule has 0 fully saturated rings. The molecule has 1 aliphatic rings.